The van der Waals surface area contributed by atoms with Crippen LogP contribution in [0.4, 0.5) is 5.82 Å². The van der Waals surface area contributed by atoms with Crippen molar-refractivity contribution in [3.8, 4) is 10.6 Å². The molecule has 3 heterocycles. The number of ether oxygens (including phenoxy) is 1. The van der Waals surface area contributed by atoms with E-state index < -0.39 is 0 Å². The SMILES string of the molecule is CCOC(=O)CSc1nc(N)c2nc3c(sc1-2)CN(C)CC3. The number of carbonyl (C=O) groups is 1. The number of rotatable bonds is 4. The monoisotopic (exact) mass is 338 g/mol. The first-order valence-corrected chi connectivity index (χ1v) is 8.93. The summed E-state index contributed by atoms with van der Waals surface area (Å²) in [5.74, 6) is 0.445. The number of carbonyl (C=O) groups excluding carboxylic acids is 1. The molecule has 0 atom stereocenters. The van der Waals surface area contributed by atoms with E-state index >= 15 is 0 Å². The Morgan fingerprint density at radius 3 is 3.09 bits per heavy atom. The van der Waals surface area contributed by atoms with Crippen molar-refractivity contribution in [3.63, 3.8) is 0 Å². The summed E-state index contributed by atoms with van der Waals surface area (Å²) in [5, 5.41) is 0.772. The second-order valence-corrected chi connectivity index (χ2v) is 7.21. The van der Waals surface area contributed by atoms with Crippen LogP contribution in [0.2, 0.25) is 0 Å². The van der Waals surface area contributed by atoms with E-state index in [1.807, 2.05) is 0 Å². The van der Waals surface area contributed by atoms with Crippen molar-refractivity contribution < 1.29 is 9.53 Å². The molecule has 8 heteroatoms. The molecule has 3 aliphatic rings. The third-order valence-corrected chi connectivity index (χ3v) is 5.72. The lowest BCUT2D eigenvalue weighted by molar-refractivity contribution is -0.139. The molecule has 2 N–H and O–H groups in total. The van der Waals surface area contributed by atoms with Crippen LogP contribution in [0, 0.1) is 0 Å². The molecule has 3 rings (SSSR count). The summed E-state index contributed by atoms with van der Waals surface area (Å²) in [7, 11) is 2.11. The third-order valence-electron chi connectivity index (χ3n) is 3.44. The molecule has 0 bridgehead atoms. The zero-order valence-electron chi connectivity index (χ0n) is 12.6. The van der Waals surface area contributed by atoms with E-state index in [2.05, 4.69) is 16.9 Å². The zero-order chi connectivity index (χ0) is 15.7. The molecule has 0 unspecified atom stereocenters. The highest BCUT2D eigenvalue weighted by Crippen LogP contribution is 2.41. The van der Waals surface area contributed by atoms with E-state index in [0.717, 1.165) is 40.8 Å². The number of esters is 1. The van der Waals surface area contributed by atoms with Crippen molar-refractivity contribution >= 4 is 34.9 Å². The fraction of sp³-hybridized carbons (Fsp3) is 0.500. The number of likely N-dealkylation sites (N-methyl/N-ethyl adjacent to an activating group) is 1. The topological polar surface area (TPSA) is 81.3 Å². The minimum atomic E-state index is -0.238. The predicted molar refractivity (Wildman–Crippen MR) is 88.3 cm³/mol. The van der Waals surface area contributed by atoms with Crippen molar-refractivity contribution in [2.75, 3.05) is 31.7 Å². The maximum atomic E-state index is 11.5. The lowest BCUT2D eigenvalue weighted by Crippen LogP contribution is -2.26. The maximum absolute atomic E-state index is 11.5. The fourth-order valence-electron chi connectivity index (χ4n) is 2.38. The van der Waals surface area contributed by atoms with E-state index in [0.29, 0.717) is 12.4 Å². The van der Waals surface area contributed by atoms with Crippen LogP contribution in [-0.2, 0) is 22.5 Å². The van der Waals surface area contributed by atoms with Crippen LogP contribution in [0.3, 0.4) is 0 Å². The highest BCUT2D eigenvalue weighted by molar-refractivity contribution is 8.00. The summed E-state index contributed by atoms with van der Waals surface area (Å²) in [6.45, 7) is 4.10. The van der Waals surface area contributed by atoms with Gasteiger partial charge in [-0.05, 0) is 14.0 Å². The second kappa shape index (κ2) is 6.39. The molecule has 22 heavy (non-hydrogen) atoms. The molecule has 118 valence electrons. The molecule has 0 radical (unpaired) electrons. The average molecular weight is 338 g/mol. The third kappa shape index (κ3) is 3.04. The minimum Gasteiger partial charge on any atom is -0.465 e. The van der Waals surface area contributed by atoms with Crippen LogP contribution < -0.4 is 5.73 Å². The number of aromatic nitrogens is 2. The first kappa shape index (κ1) is 15.5. The van der Waals surface area contributed by atoms with Crippen LogP contribution in [0.1, 0.15) is 17.5 Å². The van der Waals surface area contributed by atoms with E-state index in [1.54, 1.807) is 18.3 Å². The van der Waals surface area contributed by atoms with Gasteiger partial charge in [0, 0.05) is 24.4 Å². The van der Waals surface area contributed by atoms with Crippen LogP contribution >= 0.6 is 23.1 Å². The summed E-state index contributed by atoms with van der Waals surface area (Å²) >= 11 is 3.05. The molecule has 0 saturated heterocycles. The highest BCUT2D eigenvalue weighted by Gasteiger charge is 2.25. The Labute approximate surface area is 137 Å². The quantitative estimate of drug-likeness (QED) is 0.673. The van der Waals surface area contributed by atoms with Crippen LogP contribution in [0.5, 0.6) is 0 Å². The number of nitrogen functional groups attached to an aromatic ring is 1. The largest absolute Gasteiger partial charge is 0.465 e. The fourth-order valence-corrected chi connectivity index (χ4v) is 4.58. The molecule has 0 spiro atoms. The van der Waals surface area contributed by atoms with Crippen molar-refractivity contribution in [1.82, 2.24) is 14.9 Å². The van der Waals surface area contributed by atoms with Gasteiger partial charge in [0.2, 0.25) is 0 Å². The molecule has 0 fully saturated rings. The number of thioether (sulfide) groups is 1. The van der Waals surface area contributed by atoms with Gasteiger partial charge < -0.3 is 15.4 Å². The molecule has 6 nitrogen and oxygen atoms in total. The highest BCUT2D eigenvalue weighted by atomic mass is 32.2. The lowest BCUT2D eigenvalue weighted by atomic mass is 10.2. The summed E-state index contributed by atoms with van der Waals surface area (Å²) in [6.07, 6.45) is 0.939. The number of hydrogen-bond acceptors (Lipinski definition) is 8. The first-order valence-electron chi connectivity index (χ1n) is 7.13. The van der Waals surface area contributed by atoms with Gasteiger partial charge in [-0.3, -0.25) is 4.79 Å². The summed E-state index contributed by atoms with van der Waals surface area (Å²) in [6, 6.07) is 0. The zero-order valence-corrected chi connectivity index (χ0v) is 14.2. The van der Waals surface area contributed by atoms with Crippen LogP contribution in [-0.4, -0.2) is 46.8 Å². The number of fused-ring (bicyclic) bond motifs is 2. The Morgan fingerprint density at radius 2 is 2.32 bits per heavy atom. The molecule has 0 amide bonds. The van der Waals surface area contributed by atoms with Gasteiger partial charge in [-0.15, -0.1) is 11.3 Å². The van der Waals surface area contributed by atoms with Gasteiger partial charge >= 0.3 is 5.97 Å². The van der Waals surface area contributed by atoms with Crippen LogP contribution in [0.25, 0.3) is 10.6 Å². The molecule has 0 saturated carbocycles. The van der Waals surface area contributed by atoms with Gasteiger partial charge in [-0.2, -0.15) is 0 Å². The van der Waals surface area contributed by atoms with Gasteiger partial charge in [0.1, 0.15) is 10.7 Å². The molecule has 3 aliphatic heterocycles. The lowest BCUT2D eigenvalue weighted by Gasteiger charge is -2.24. The van der Waals surface area contributed by atoms with Gasteiger partial charge in [-0.1, -0.05) is 11.8 Å². The molecular formula is C14H18N4O2S2. The molecular weight excluding hydrogens is 320 g/mol. The second-order valence-electron chi connectivity index (χ2n) is 5.15. The molecule has 0 aliphatic carbocycles. The van der Waals surface area contributed by atoms with Crippen molar-refractivity contribution in [2.45, 2.75) is 24.9 Å². The number of hydrogen-bond donors (Lipinski definition) is 1. The predicted octanol–water partition coefficient (Wildman–Crippen LogP) is 1.87. The van der Waals surface area contributed by atoms with Gasteiger partial charge in [0.25, 0.3) is 0 Å². The number of anilines is 1. The van der Waals surface area contributed by atoms with Crippen LogP contribution in [0.15, 0.2) is 5.03 Å². The Hall–Kier alpha value is -1.38. The van der Waals surface area contributed by atoms with E-state index in [1.165, 1.54) is 16.6 Å². The number of nitrogens with two attached hydrogens (primary N) is 1. The van der Waals surface area contributed by atoms with Crippen molar-refractivity contribution in [3.05, 3.63) is 10.6 Å². The molecule has 0 aromatic carbocycles. The standard InChI is InChI=1S/C14H18N4O2S2/c1-3-20-10(19)7-21-14-12-11(13(15)17-14)16-8-4-5-18(2)6-9(8)22-12/h3-7H2,1-2H3,(H2,15,17). The molecule has 0 aromatic rings. The van der Waals surface area contributed by atoms with E-state index in [9.17, 15) is 4.79 Å². The van der Waals surface area contributed by atoms with Crippen molar-refractivity contribution in [1.29, 1.82) is 0 Å². The first-order chi connectivity index (χ1) is 10.6. The summed E-state index contributed by atoms with van der Waals surface area (Å²) in [4.78, 5) is 25.1. The van der Waals surface area contributed by atoms with Gasteiger partial charge in [-0.25, -0.2) is 9.97 Å². The van der Waals surface area contributed by atoms with Gasteiger partial charge in [0.15, 0.2) is 5.82 Å². The maximum Gasteiger partial charge on any atom is 0.316 e. The number of nitrogens with zero attached hydrogens (tertiary/aromatic N) is 3. The average Bonchev–Trinajstić information content (AvgIpc) is 2.79. The smallest absolute Gasteiger partial charge is 0.316 e. The van der Waals surface area contributed by atoms with Gasteiger partial charge in [0.05, 0.1) is 22.9 Å². The minimum absolute atomic E-state index is 0.238. The summed E-state index contributed by atoms with van der Waals surface area (Å²) < 4.78 is 4.95. The normalized spacial score (nSPS) is 15.0. The Balaban J connectivity index is 1.89. The van der Waals surface area contributed by atoms with Crippen molar-refractivity contribution in [2.24, 2.45) is 0 Å². The Kier molecular flexibility index (Phi) is 4.51. The summed E-state index contributed by atoms with van der Waals surface area (Å²) in [5.41, 5.74) is 7.88. The molecule has 0 aromatic heterocycles. The Bertz CT molecular complexity index is 673. The Morgan fingerprint density at radius 1 is 1.50 bits per heavy atom. The van der Waals surface area contributed by atoms with E-state index in [4.69, 9.17) is 15.5 Å². The van der Waals surface area contributed by atoms with E-state index in [-0.39, 0.29) is 11.7 Å².